The molecule has 0 spiro atoms. The van der Waals surface area contributed by atoms with Crippen LogP contribution in [0, 0.1) is 0 Å². The van der Waals surface area contributed by atoms with E-state index in [1.807, 2.05) is 0 Å². The molecule has 1 atom stereocenters. The van der Waals surface area contributed by atoms with E-state index < -0.39 is 0 Å². The highest BCUT2D eigenvalue weighted by Crippen LogP contribution is 2.32. The highest BCUT2D eigenvalue weighted by atomic mass is 15.3. The van der Waals surface area contributed by atoms with Gasteiger partial charge in [0, 0.05) is 37.3 Å². The van der Waals surface area contributed by atoms with Crippen molar-refractivity contribution in [3.8, 4) is 0 Å². The molecule has 1 aliphatic carbocycles. The molecule has 4 aliphatic rings. The fraction of sp³-hybridized carbons (Fsp3) is 0.958. The summed E-state index contributed by atoms with van der Waals surface area (Å²) in [5.41, 5.74) is 0.265. The zero-order chi connectivity index (χ0) is 20.8. The molecule has 30 heavy (non-hydrogen) atoms. The van der Waals surface area contributed by atoms with E-state index >= 15 is 0 Å². The number of guanidine groups is 1. The first-order chi connectivity index (χ1) is 14.7. The molecule has 0 aromatic carbocycles. The maximum atomic E-state index is 5.21. The van der Waals surface area contributed by atoms with Crippen molar-refractivity contribution in [2.24, 2.45) is 4.99 Å². The molecule has 3 saturated heterocycles. The summed E-state index contributed by atoms with van der Waals surface area (Å²) in [7, 11) is 2.27. The SMILES string of the molecule is CCNC(=NCC1(N2CCCCC2)CCN(C)CC1)NC1CCN(C2CCCC2)C1. The van der Waals surface area contributed by atoms with E-state index in [9.17, 15) is 0 Å². The van der Waals surface area contributed by atoms with Crippen molar-refractivity contribution >= 4 is 5.96 Å². The number of hydrogen-bond donors (Lipinski definition) is 2. The average Bonchev–Trinajstić information content (AvgIpc) is 3.46. The number of hydrogen-bond acceptors (Lipinski definition) is 4. The number of aliphatic imine (C=N–C) groups is 1. The van der Waals surface area contributed by atoms with Crippen molar-refractivity contribution < 1.29 is 0 Å². The summed E-state index contributed by atoms with van der Waals surface area (Å²) in [6.45, 7) is 11.4. The van der Waals surface area contributed by atoms with Crippen LogP contribution in [0.2, 0.25) is 0 Å². The first-order valence-corrected chi connectivity index (χ1v) is 12.9. The fourth-order valence-corrected chi connectivity index (χ4v) is 6.22. The van der Waals surface area contributed by atoms with Crippen LogP contribution in [0.3, 0.4) is 0 Å². The summed E-state index contributed by atoms with van der Waals surface area (Å²) in [6, 6.07) is 1.39. The molecule has 172 valence electrons. The highest BCUT2D eigenvalue weighted by molar-refractivity contribution is 5.80. The van der Waals surface area contributed by atoms with Gasteiger partial charge in [0.05, 0.1) is 6.54 Å². The Balaban J connectivity index is 1.38. The van der Waals surface area contributed by atoms with Gasteiger partial charge in [-0.15, -0.1) is 0 Å². The Kier molecular flexibility index (Phi) is 7.93. The van der Waals surface area contributed by atoms with Gasteiger partial charge >= 0.3 is 0 Å². The summed E-state index contributed by atoms with van der Waals surface area (Å²) < 4.78 is 0. The number of rotatable bonds is 6. The largest absolute Gasteiger partial charge is 0.357 e. The molecule has 3 aliphatic heterocycles. The topological polar surface area (TPSA) is 46.1 Å². The minimum atomic E-state index is 0.265. The molecule has 0 radical (unpaired) electrons. The van der Waals surface area contributed by atoms with Gasteiger partial charge in [0.15, 0.2) is 5.96 Å². The van der Waals surface area contributed by atoms with Gasteiger partial charge in [0.1, 0.15) is 0 Å². The molecule has 6 nitrogen and oxygen atoms in total. The molecule has 0 aromatic rings. The van der Waals surface area contributed by atoms with Gasteiger partial charge in [-0.05, 0) is 85.1 Å². The van der Waals surface area contributed by atoms with Crippen LogP contribution in [0.1, 0.15) is 71.1 Å². The summed E-state index contributed by atoms with van der Waals surface area (Å²) >= 11 is 0. The van der Waals surface area contributed by atoms with E-state index in [4.69, 9.17) is 4.99 Å². The van der Waals surface area contributed by atoms with Crippen molar-refractivity contribution in [2.45, 2.75) is 88.8 Å². The molecule has 3 heterocycles. The van der Waals surface area contributed by atoms with E-state index in [-0.39, 0.29) is 5.54 Å². The number of piperidine rings is 2. The third-order valence-corrected chi connectivity index (χ3v) is 8.22. The summed E-state index contributed by atoms with van der Waals surface area (Å²) in [5.74, 6) is 1.05. The van der Waals surface area contributed by atoms with Crippen molar-refractivity contribution in [3.63, 3.8) is 0 Å². The van der Waals surface area contributed by atoms with Gasteiger partial charge < -0.3 is 15.5 Å². The second-order valence-corrected chi connectivity index (χ2v) is 10.3. The van der Waals surface area contributed by atoms with Crippen LogP contribution in [0.5, 0.6) is 0 Å². The van der Waals surface area contributed by atoms with Crippen molar-refractivity contribution in [2.75, 3.05) is 59.4 Å². The van der Waals surface area contributed by atoms with Gasteiger partial charge in [-0.25, -0.2) is 0 Å². The minimum Gasteiger partial charge on any atom is -0.357 e. The smallest absolute Gasteiger partial charge is 0.191 e. The first-order valence-electron chi connectivity index (χ1n) is 12.9. The van der Waals surface area contributed by atoms with E-state index in [0.29, 0.717) is 6.04 Å². The monoisotopic (exact) mass is 418 g/mol. The van der Waals surface area contributed by atoms with Gasteiger partial charge in [0.2, 0.25) is 0 Å². The van der Waals surface area contributed by atoms with E-state index in [1.165, 1.54) is 103 Å². The number of likely N-dealkylation sites (tertiary alicyclic amines) is 3. The van der Waals surface area contributed by atoms with Crippen LogP contribution in [-0.2, 0) is 0 Å². The Morgan fingerprint density at radius 1 is 0.933 bits per heavy atom. The molecule has 1 unspecified atom stereocenters. The molecule has 0 aromatic heterocycles. The van der Waals surface area contributed by atoms with Crippen LogP contribution in [0.4, 0.5) is 0 Å². The van der Waals surface area contributed by atoms with Crippen LogP contribution in [-0.4, -0.2) is 97.7 Å². The van der Waals surface area contributed by atoms with E-state index in [2.05, 4.69) is 39.3 Å². The normalized spacial score (nSPS) is 30.1. The lowest BCUT2D eigenvalue weighted by atomic mass is 9.84. The van der Waals surface area contributed by atoms with Crippen molar-refractivity contribution in [1.29, 1.82) is 0 Å². The Morgan fingerprint density at radius 3 is 2.37 bits per heavy atom. The lowest BCUT2D eigenvalue weighted by Crippen LogP contribution is -2.58. The Labute approximate surface area is 184 Å². The second kappa shape index (κ2) is 10.6. The summed E-state index contributed by atoms with van der Waals surface area (Å²) in [4.78, 5) is 13.2. The quantitative estimate of drug-likeness (QED) is 0.513. The first kappa shape index (κ1) is 22.3. The molecular formula is C24H46N6. The maximum absolute atomic E-state index is 5.21. The standard InChI is InChI=1S/C24H46N6/c1-3-25-23(27-21-11-16-29(19-21)22-9-5-6-10-22)26-20-24(12-17-28(2)18-13-24)30-14-7-4-8-15-30/h21-22H,3-20H2,1-2H3,(H2,25,26,27). The number of nitrogens with zero attached hydrogens (tertiary/aromatic N) is 4. The summed E-state index contributed by atoms with van der Waals surface area (Å²) in [5, 5.41) is 7.36. The molecule has 6 heteroatoms. The molecule has 0 bridgehead atoms. The average molecular weight is 419 g/mol. The Hall–Kier alpha value is -0.850. The van der Waals surface area contributed by atoms with E-state index in [0.717, 1.165) is 25.1 Å². The highest BCUT2D eigenvalue weighted by Gasteiger charge is 2.39. The van der Waals surface area contributed by atoms with Crippen molar-refractivity contribution in [3.05, 3.63) is 0 Å². The van der Waals surface area contributed by atoms with Crippen LogP contribution < -0.4 is 10.6 Å². The second-order valence-electron chi connectivity index (χ2n) is 10.3. The zero-order valence-corrected chi connectivity index (χ0v) is 19.7. The van der Waals surface area contributed by atoms with Gasteiger partial charge in [-0.2, -0.15) is 0 Å². The van der Waals surface area contributed by atoms with Gasteiger partial charge in [-0.1, -0.05) is 19.3 Å². The number of nitrogens with one attached hydrogen (secondary N) is 2. The molecule has 0 amide bonds. The predicted molar refractivity (Wildman–Crippen MR) is 126 cm³/mol. The Bertz CT molecular complexity index is 544. The third kappa shape index (κ3) is 5.49. The van der Waals surface area contributed by atoms with Crippen LogP contribution >= 0.6 is 0 Å². The van der Waals surface area contributed by atoms with E-state index in [1.54, 1.807) is 0 Å². The van der Waals surface area contributed by atoms with Crippen molar-refractivity contribution in [1.82, 2.24) is 25.3 Å². The molecule has 2 N–H and O–H groups in total. The van der Waals surface area contributed by atoms with Crippen LogP contribution in [0.15, 0.2) is 4.99 Å². The molecule has 4 fully saturated rings. The van der Waals surface area contributed by atoms with Gasteiger partial charge in [-0.3, -0.25) is 14.8 Å². The summed E-state index contributed by atoms with van der Waals surface area (Å²) in [6.07, 6.45) is 13.6. The van der Waals surface area contributed by atoms with Gasteiger partial charge in [0.25, 0.3) is 0 Å². The van der Waals surface area contributed by atoms with Crippen LogP contribution in [0.25, 0.3) is 0 Å². The fourth-order valence-electron chi connectivity index (χ4n) is 6.22. The lowest BCUT2D eigenvalue weighted by molar-refractivity contribution is 0.0208. The molecular weight excluding hydrogens is 372 g/mol. The maximum Gasteiger partial charge on any atom is 0.191 e. The minimum absolute atomic E-state index is 0.265. The Morgan fingerprint density at radius 2 is 1.67 bits per heavy atom. The molecule has 4 rings (SSSR count). The lowest BCUT2D eigenvalue weighted by Gasteiger charge is -2.49. The molecule has 1 saturated carbocycles. The third-order valence-electron chi connectivity index (χ3n) is 8.22. The predicted octanol–water partition coefficient (Wildman–Crippen LogP) is 2.51. The zero-order valence-electron chi connectivity index (χ0n) is 19.7.